The van der Waals surface area contributed by atoms with Crippen LogP contribution in [0, 0.1) is 0 Å². The van der Waals surface area contributed by atoms with Crippen molar-refractivity contribution in [2.24, 2.45) is 0 Å². The van der Waals surface area contributed by atoms with E-state index in [1.54, 1.807) is 12.1 Å². The summed E-state index contributed by atoms with van der Waals surface area (Å²) in [5.41, 5.74) is 0.582. The van der Waals surface area contributed by atoms with Crippen LogP contribution in [0.25, 0.3) is 16.4 Å². The first-order chi connectivity index (χ1) is 10.5. The van der Waals surface area contributed by atoms with Crippen LogP contribution in [0.2, 0.25) is 0 Å². The van der Waals surface area contributed by atoms with Crippen LogP contribution < -0.4 is 4.74 Å². The summed E-state index contributed by atoms with van der Waals surface area (Å²) in [7, 11) is -2.00. The van der Waals surface area contributed by atoms with Crippen LogP contribution in [0.4, 0.5) is 0 Å². The molecule has 0 atom stereocenters. The minimum absolute atomic E-state index is 0.111. The van der Waals surface area contributed by atoms with Gasteiger partial charge in [-0.3, -0.25) is 4.57 Å². The Kier molecular flexibility index (Phi) is 3.71. The number of sulfone groups is 1. The standard InChI is InChI=1S/C14H13N3O3S2/c1-20-11-7-4-3-6-10(11)17-13(12-8-5-9-21-12)15-16-14(17)22(2,18)19/h3-9H,1-2H3. The molecule has 114 valence electrons. The number of nitrogens with zero attached hydrogens (tertiary/aromatic N) is 3. The van der Waals surface area contributed by atoms with E-state index in [0.29, 0.717) is 17.3 Å². The average molecular weight is 335 g/mol. The number of aromatic nitrogens is 3. The first kappa shape index (κ1) is 14.7. The van der Waals surface area contributed by atoms with Gasteiger partial charge in [0.25, 0.3) is 5.16 Å². The fraction of sp³-hybridized carbons (Fsp3) is 0.143. The third-order valence-corrected chi connectivity index (χ3v) is 4.83. The molecule has 8 heteroatoms. The predicted molar refractivity (Wildman–Crippen MR) is 84.3 cm³/mol. The molecule has 0 fully saturated rings. The zero-order valence-electron chi connectivity index (χ0n) is 11.9. The summed E-state index contributed by atoms with van der Waals surface area (Å²) < 4.78 is 31.0. The van der Waals surface area contributed by atoms with Crippen molar-refractivity contribution in [3.63, 3.8) is 0 Å². The average Bonchev–Trinajstić information content (AvgIpc) is 3.15. The Morgan fingerprint density at radius 3 is 2.55 bits per heavy atom. The van der Waals surface area contributed by atoms with E-state index in [1.165, 1.54) is 23.0 Å². The first-order valence-corrected chi connectivity index (χ1v) is 9.12. The summed E-state index contributed by atoms with van der Waals surface area (Å²) in [4.78, 5) is 0.827. The van der Waals surface area contributed by atoms with Crippen LogP contribution >= 0.6 is 11.3 Å². The monoisotopic (exact) mass is 335 g/mol. The zero-order valence-corrected chi connectivity index (χ0v) is 13.6. The minimum Gasteiger partial charge on any atom is -0.495 e. The topological polar surface area (TPSA) is 74.1 Å². The van der Waals surface area contributed by atoms with Crippen LogP contribution in [0.1, 0.15) is 0 Å². The number of para-hydroxylation sites is 2. The predicted octanol–water partition coefficient (Wildman–Crippen LogP) is 2.41. The van der Waals surface area contributed by atoms with Crippen molar-refractivity contribution < 1.29 is 13.2 Å². The van der Waals surface area contributed by atoms with E-state index in [0.717, 1.165) is 11.1 Å². The second kappa shape index (κ2) is 5.54. The summed E-state index contributed by atoms with van der Waals surface area (Å²) in [5.74, 6) is 1.02. The molecule has 0 aliphatic rings. The van der Waals surface area contributed by atoms with Gasteiger partial charge in [0, 0.05) is 6.26 Å². The molecular formula is C14H13N3O3S2. The molecule has 0 aliphatic carbocycles. The van der Waals surface area contributed by atoms with Crippen molar-refractivity contribution in [3.8, 4) is 22.1 Å². The Morgan fingerprint density at radius 2 is 1.91 bits per heavy atom. The van der Waals surface area contributed by atoms with Gasteiger partial charge in [-0.05, 0) is 23.6 Å². The van der Waals surface area contributed by atoms with E-state index in [1.807, 2.05) is 29.6 Å². The van der Waals surface area contributed by atoms with Crippen LogP contribution in [0.3, 0.4) is 0 Å². The quantitative estimate of drug-likeness (QED) is 0.732. The van der Waals surface area contributed by atoms with Gasteiger partial charge < -0.3 is 4.74 Å². The molecule has 22 heavy (non-hydrogen) atoms. The highest BCUT2D eigenvalue weighted by Gasteiger charge is 2.24. The van der Waals surface area contributed by atoms with Gasteiger partial charge in [0.2, 0.25) is 9.84 Å². The maximum Gasteiger partial charge on any atom is 0.254 e. The van der Waals surface area contributed by atoms with E-state index in [-0.39, 0.29) is 5.16 Å². The Hall–Kier alpha value is -2.19. The number of methoxy groups -OCH3 is 1. The molecule has 2 aromatic heterocycles. The molecule has 0 unspecified atom stereocenters. The molecule has 0 aliphatic heterocycles. The highest BCUT2D eigenvalue weighted by atomic mass is 32.2. The normalized spacial score (nSPS) is 11.5. The fourth-order valence-corrected chi connectivity index (χ4v) is 3.51. The van der Waals surface area contributed by atoms with Crippen molar-refractivity contribution in [2.75, 3.05) is 13.4 Å². The molecule has 0 saturated heterocycles. The third-order valence-electron chi connectivity index (χ3n) is 3.03. The van der Waals surface area contributed by atoms with E-state index in [9.17, 15) is 8.42 Å². The Morgan fingerprint density at radius 1 is 1.14 bits per heavy atom. The van der Waals surface area contributed by atoms with Gasteiger partial charge in [0.1, 0.15) is 5.75 Å². The van der Waals surface area contributed by atoms with E-state index in [2.05, 4.69) is 10.2 Å². The van der Waals surface area contributed by atoms with Crippen LogP contribution in [-0.2, 0) is 9.84 Å². The van der Waals surface area contributed by atoms with Crippen molar-refractivity contribution >= 4 is 21.2 Å². The molecular weight excluding hydrogens is 322 g/mol. The van der Waals surface area contributed by atoms with Crippen LogP contribution in [0.15, 0.2) is 46.9 Å². The van der Waals surface area contributed by atoms with E-state index in [4.69, 9.17) is 4.74 Å². The SMILES string of the molecule is COc1ccccc1-n1c(-c2cccs2)nnc1S(C)(=O)=O. The van der Waals surface area contributed by atoms with Crippen molar-refractivity contribution in [3.05, 3.63) is 41.8 Å². The van der Waals surface area contributed by atoms with Crippen LogP contribution in [-0.4, -0.2) is 36.5 Å². The summed E-state index contributed by atoms with van der Waals surface area (Å²) >= 11 is 1.46. The highest BCUT2D eigenvalue weighted by Crippen LogP contribution is 2.32. The largest absolute Gasteiger partial charge is 0.495 e. The molecule has 2 heterocycles. The second-order valence-electron chi connectivity index (χ2n) is 4.56. The molecule has 1 aromatic carbocycles. The first-order valence-electron chi connectivity index (χ1n) is 6.35. The second-order valence-corrected chi connectivity index (χ2v) is 7.42. The molecule has 0 spiro atoms. The molecule has 0 amide bonds. The summed E-state index contributed by atoms with van der Waals surface area (Å²) in [6, 6.07) is 10.9. The maximum absolute atomic E-state index is 12.0. The fourth-order valence-electron chi connectivity index (χ4n) is 2.11. The number of hydrogen-bond acceptors (Lipinski definition) is 6. The lowest BCUT2D eigenvalue weighted by atomic mass is 10.3. The summed E-state index contributed by atoms with van der Waals surface area (Å²) in [6.07, 6.45) is 1.11. The van der Waals surface area contributed by atoms with Gasteiger partial charge in [-0.15, -0.1) is 21.5 Å². The van der Waals surface area contributed by atoms with Crippen LogP contribution in [0.5, 0.6) is 5.75 Å². The van der Waals surface area contributed by atoms with Crippen molar-refractivity contribution in [1.29, 1.82) is 0 Å². The van der Waals surface area contributed by atoms with Gasteiger partial charge in [-0.25, -0.2) is 8.42 Å². The lowest BCUT2D eigenvalue weighted by Crippen LogP contribution is -2.09. The number of thiophene rings is 1. The van der Waals surface area contributed by atoms with Gasteiger partial charge >= 0.3 is 0 Å². The van der Waals surface area contributed by atoms with E-state index >= 15 is 0 Å². The van der Waals surface area contributed by atoms with Crippen molar-refractivity contribution in [2.45, 2.75) is 5.16 Å². The van der Waals surface area contributed by atoms with Gasteiger partial charge in [-0.1, -0.05) is 18.2 Å². The molecule has 3 rings (SSSR count). The van der Waals surface area contributed by atoms with Gasteiger partial charge in [0.15, 0.2) is 5.82 Å². The van der Waals surface area contributed by atoms with Gasteiger partial charge in [0.05, 0.1) is 17.7 Å². The molecule has 0 saturated carbocycles. The lowest BCUT2D eigenvalue weighted by Gasteiger charge is -2.12. The van der Waals surface area contributed by atoms with E-state index < -0.39 is 9.84 Å². The molecule has 0 N–H and O–H groups in total. The Labute approximate surface area is 131 Å². The number of ether oxygens (including phenoxy) is 1. The third kappa shape index (κ3) is 2.51. The maximum atomic E-state index is 12.0. The molecule has 0 radical (unpaired) electrons. The highest BCUT2D eigenvalue weighted by molar-refractivity contribution is 7.90. The van der Waals surface area contributed by atoms with Crippen molar-refractivity contribution in [1.82, 2.24) is 14.8 Å². The smallest absolute Gasteiger partial charge is 0.254 e. The number of hydrogen-bond donors (Lipinski definition) is 0. The molecule has 0 bridgehead atoms. The Balaban J connectivity index is 2.35. The van der Waals surface area contributed by atoms with Gasteiger partial charge in [-0.2, -0.15) is 0 Å². The Bertz CT molecular complexity index is 899. The minimum atomic E-state index is -3.54. The molecule has 6 nitrogen and oxygen atoms in total. The number of benzene rings is 1. The number of rotatable bonds is 4. The zero-order chi connectivity index (χ0) is 15.7. The summed E-state index contributed by atoms with van der Waals surface area (Å²) in [6.45, 7) is 0. The summed E-state index contributed by atoms with van der Waals surface area (Å²) in [5, 5.41) is 9.73. The molecule has 3 aromatic rings. The lowest BCUT2D eigenvalue weighted by molar-refractivity contribution is 0.412.